The van der Waals surface area contributed by atoms with E-state index < -0.39 is 26.7 Å². The lowest BCUT2D eigenvalue weighted by molar-refractivity contribution is -0.149. The van der Waals surface area contributed by atoms with Crippen LogP contribution in [0.4, 0.5) is 0 Å². The number of rotatable bonds is 5. The number of ether oxygens (including phenoxy) is 1. The molecule has 0 amide bonds. The maximum absolute atomic E-state index is 12.1. The molecule has 7 heteroatoms. The number of nitrogens with zero attached hydrogens (tertiary/aromatic N) is 1. The zero-order valence-corrected chi connectivity index (χ0v) is 12.3. The third kappa shape index (κ3) is 3.03. The van der Waals surface area contributed by atoms with Gasteiger partial charge in [-0.05, 0) is 18.6 Å². The molecule has 1 aliphatic rings. The molecule has 1 aliphatic heterocycles. The Hall–Kier alpha value is -1.99. The molecule has 2 N–H and O–H groups in total. The second kappa shape index (κ2) is 5.79. The number of carbonyl (C=O) groups excluding carboxylic acids is 1. The lowest BCUT2D eigenvalue weighted by Crippen LogP contribution is -2.50. The summed E-state index contributed by atoms with van der Waals surface area (Å²) in [5.41, 5.74) is 0.818. The largest absolute Gasteiger partial charge is 0.461 e. The quantitative estimate of drug-likeness (QED) is 0.820. The van der Waals surface area contributed by atoms with Gasteiger partial charge in [0.05, 0.1) is 5.92 Å². The van der Waals surface area contributed by atoms with Crippen molar-refractivity contribution < 1.29 is 17.9 Å². The zero-order chi connectivity index (χ0) is 15.5. The maximum Gasteiger partial charge on any atom is 0.311 e. The molecule has 1 aromatic rings. The first-order valence-corrected chi connectivity index (χ1v) is 7.86. The number of aliphatic imine (C=N–C) groups is 1. The van der Waals surface area contributed by atoms with E-state index in [2.05, 4.69) is 4.99 Å². The Labute approximate surface area is 123 Å². The summed E-state index contributed by atoms with van der Waals surface area (Å²) in [5, 5.41) is 5.24. The lowest BCUT2D eigenvalue weighted by atomic mass is 9.95. The van der Waals surface area contributed by atoms with Gasteiger partial charge in [0.15, 0.2) is 4.75 Å². The Kier molecular flexibility index (Phi) is 4.24. The fourth-order valence-corrected chi connectivity index (χ4v) is 3.12. The molecular formula is C14H16N2O4S. The molecule has 0 fully saturated rings. The number of carbonyl (C=O) groups is 1. The molecule has 0 spiro atoms. The molecule has 6 nitrogen and oxygen atoms in total. The molecule has 112 valence electrons. The van der Waals surface area contributed by atoms with Gasteiger partial charge in [0, 0.05) is 12.4 Å². The number of sulfonamides is 1. The van der Waals surface area contributed by atoms with Crippen LogP contribution >= 0.6 is 0 Å². The van der Waals surface area contributed by atoms with E-state index in [0.717, 1.165) is 11.8 Å². The molecule has 0 saturated carbocycles. The summed E-state index contributed by atoms with van der Waals surface area (Å²) in [6, 6.07) is 9.12. The number of hydrogen-bond donors (Lipinski definition) is 1. The predicted octanol–water partition coefficient (Wildman–Crippen LogP) is 0.991. The molecule has 1 heterocycles. The van der Waals surface area contributed by atoms with Crippen molar-refractivity contribution in [2.75, 3.05) is 0 Å². The topological polar surface area (TPSA) is 98.8 Å². The normalized spacial score (nSPS) is 22.2. The Morgan fingerprint density at radius 2 is 2.05 bits per heavy atom. The van der Waals surface area contributed by atoms with Gasteiger partial charge >= 0.3 is 5.97 Å². The lowest BCUT2D eigenvalue weighted by Gasteiger charge is -2.26. The average molecular weight is 308 g/mol. The zero-order valence-electron chi connectivity index (χ0n) is 11.5. The van der Waals surface area contributed by atoms with E-state index in [1.165, 1.54) is 19.2 Å². The van der Waals surface area contributed by atoms with Crippen LogP contribution in [0.2, 0.25) is 0 Å². The van der Waals surface area contributed by atoms with Crippen LogP contribution in [0.25, 0.3) is 0 Å². The summed E-state index contributed by atoms with van der Waals surface area (Å²) < 4.78 is 27.1. The van der Waals surface area contributed by atoms with Gasteiger partial charge in [0.2, 0.25) is 10.0 Å². The highest BCUT2D eigenvalue weighted by atomic mass is 32.2. The van der Waals surface area contributed by atoms with E-state index in [9.17, 15) is 13.2 Å². The molecule has 0 radical (unpaired) electrons. The molecular weight excluding hydrogens is 292 g/mol. The van der Waals surface area contributed by atoms with Crippen molar-refractivity contribution in [2.45, 2.75) is 18.3 Å². The summed E-state index contributed by atoms with van der Waals surface area (Å²) in [4.78, 5) is 15.9. The first kappa shape index (κ1) is 15.4. The molecule has 0 saturated heterocycles. The molecule has 2 rings (SSSR count). The van der Waals surface area contributed by atoms with Crippen LogP contribution in [0.3, 0.4) is 0 Å². The molecule has 0 bridgehead atoms. The molecule has 2 atom stereocenters. The van der Waals surface area contributed by atoms with Crippen LogP contribution in [0.1, 0.15) is 12.5 Å². The van der Waals surface area contributed by atoms with Gasteiger partial charge < -0.3 is 4.74 Å². The Morgan fingerprint density at radius 3 is 2.57 bits per heavy atom. The van der Waals surface area contributed by atoms with E-state index in [1.807, 2.05) is 30.3 Å². The van der Waals surface area contributed by atoms with Crippen molar-refractivity contribution in [3.8, 4) is 0 Å². The second-order valence-electron chi connectivity index (χ2n) is 4.81. The van der Waals surface area contributed by atoms with Crippen molar-refractivity contribution in [3.63, 3.8) is 0 Å². The SMILES string of the molecule is CC(C(=O)OCc1ccccc1)C1(S(N)(=O)=O)C=CN=C1. The Morgan fingerprint density at radius 1 is 1.38 bits per heavy atom. The smallest absolute Gasteiger partial charge is 0.311 e. The van der Waals surface area contributed by atoms with Crippen molar-refractivity contribution in [1.82, 2.24) is 0 Å². The van der Waals surface area contributed by atoms with Crippen molar-refractivity contribution in [1.29, 1.82) is 0 Å². The molecule has 2 unspecified atom stereocenters. The Balaban J connectivity index is 2.12. The second-order valence-corrected chi connectivity index (χ2v) is 6.60. The number of esters is 1. The standard InChI is InChI=1S/C14H16N2O4S/c1-11(14(21(15,18)19)7-8-16-10-14)13(17)20-9-12-5-3-2-4-6-12/h2-8,10-11H,9H2,1H3,(H2,15,18,19). The number of hydrogen-bond acceptors (Lipinski definition) is 5. The van der Waals surface area contributed by atoms with E-state index in [1.54, 1.807) is 0 Å². The number of primary sulfonamides is 1. The molecule has 1 aromatic carbocycles. The number of benzene rings is 1. The van der Waals surface area contributed by atoms with E-state index >= 15 is 0 Å². The van der Waals surface area contributed by atoms with Gasteiger partial charge in [-0.25, -0.2) is 13.6 Å². The molecule has 0 aliphatic carbocycles. The van der Waals surface area contributed by atoms with Gasteiger partial charge in [-0.15, -0.1) is 0 Å². The van der Waals surface area contributed by atoms with Gasteiger partial charge in [-0.1, -0.05) is 30.3 Å². The number of nitrogens with two attached hydrogens (primary N) is 1. The summed E-state index contributed by atoms with van der Waals surface area (Å²) in [6.07, 6.45) is 3.78. The fourth-order valence-electron chi connectivity index (χ4n) is 2.07. The van der Waals surface area contributed by atoms with Crippen LogP contribution in [0, 0.1) is 5.92 Å². The highest BCUT2D eigenvalue weighted by molar-refractivity contribution is 7.91. The van der Waals surface area contributed by atoms with Crippen LogP contribution in [-0.4, -0.2) is 25.3 Å². The van der Waals surface area contributed by atoms with Gasteiger partial charge in [0.25, 0.3) is 0 Å². The van der Waals surface area contributed by atoms with Crippen molar-refractivity contribution >= 4 is 22.2 Å². The predicted molar refractivity (Wildman–Crippen MR) is 78.9 cm³/mol. The third-order valence-corrected chi connectivity index (χ3v) is 5.03. The van der Waals surface area contributed by atoms with Crippen LogP contribution in [0.5, 0.6) is 0 Å². The third-order valence-electron chi connectivity index (χ3n) is 3.44. The van der Waals surface area contributed by atoms with E-state index in [-0.39, 0.29) is 6.61 Å². The minimum Gasteiger partial charge on any atom is -0.461 e. The summed E-state index contributed by atoms with van der Waals surface area (Å²) in [7, 11) is -4.03. The van der Waals surface area contributed by atoms with Crippen LogP contribution in [-0.2, 0) is 26.2 Å². The van der Waals surface area contributed by atoms with E-state index in [4.69, 9.17) is 9.88 Å². The minimum atomic E-state index is -4.03. The first-order chi connectivity index (χ1) is 9.87. The first-order valence-electron chi connectivity index (χ1n) is 6.32. The highest BCUT2D eigenvalue weighted by Gasteiger charge is 2.48. The van der Waals surface area contributed by atoms with Gasteiger partial charge in [-0.2, -0.15) is 0 Å². The monoisotopic (exact) mass is 308 g/mol. The van der Waals surface area contributed by atoms with Crippen molar-refractivity contribution in [2.24, 2.45) is 16.0 Å². The van der Waals surface area contributed by atoms with Crippen molar-refractivity contribution in [3.05, 3.63) is 48.2 Å². The molecule has 21 heavy (non-hydrogen) atoms. The summed E-state index contributed by atoms with van der Waals surface area (Å²) in [5.74, 6) is -1.63. The summed E-state index contributed by atoms with van der Waals surface area (Å²) >= 11 is 0. The Bertz CT molecular complexity index is 668. The van der Waals surface area contributed by atoms with E-state index in [0.29, 0.717) is 0 Å². The van der Waals surface area contributed by atoms with Crippen LogP contribution in [0.15, 0.2) is 47.6 Å². The fraction of sp³-hybridized carbons (Fsp3) is 0.286. The maximum atomic E-state index is 12.1. The molecule has 0 aromatic heterocycles. The summed E-state index contributed by atoms with van der Waals surface area (Å²) in [6.45, 7) is 1.53. The average Bonchev–Trinajstić information content (AvgIpc) is 2.95. The van der Waals surface area contributed by atoms with Gasteiger partial charge in [0.1, 0.15) is 6.61 Å². The van der Waals surface area contributed by atoms with Crippen LogP contribution < -0.4 is 5.14 Å². The highest BCUT2D eigenvalue weighted by Crippen LogP contribution is 2.29. The minimum absolute atomic E-state index is 0.0750. The van der Waals surface area contributed by atoms with Gasteiger partial charge in [-0.3, -0.25) is 9.79 Å².